The number of benzene rings is 12. The van der Waals surface area contributed by atoms with Gasteiger partial charge < -0.3 is 9.13 Å². The van der Waals surface area contributed by atoms with E-state index in [4.69, 9.17) is 0 Å². The first-order valence-corrected chi connectivity index (χ1v) is 30.3. The van der Waals surface area contributed by atoms with Crippen molar-refractivity contribution in [2.24, 2.45) is 0 Å². The number of fused-ring (bicyclic) bond motifs is 25. The van der Waals surface area contributed by atoms with Gasteiger partial charge in [0.25, 0.3) is 0 Å². The van der Waals surface area contributed by atoms with Crippen LogP contribution in [0.3, 0.4) is 0 Å². The zero-order valence-electron chi connectivity index (χ0n) is 42.9. The molecule has 2 aliphatic carbocycles. The Morgan fingerprint density at radius 1 is 0.287 bits per heavy atom. The number of hydrogen-bond donors (Lipinski definition) is 0. The molecule has 0 fully saturated rings. The van der Waals surface area contributed by atoms with Gasteiger partial charge in [-0.1, -0.05) is 182 Å². The number of hydrogen-bond acceptors (Lipinski definition) is 3. The van der Waals surface area contributed by atoms with E-state index in [1.807, 2.05) is 42.5 Å². The summed E-state index contributed by atoms with van der Waals surface area (Å²) < 4.78 is 50.9. The van der Waals surface area contributed by atoms with Crippen molar-refractivity contribution >= 4 is 79.6 Å². The molecule has 0 saturated carbocycles. The number of nitrogens with zero attached hydrogens (tertiary/aromatic N) is 2. The quantitative estimate of drug-likeness (QED) is 0.162. The predicted molar refractivity (Wildman–Crippen MR) is 324 cm³/mol. The number of para-hydroxylation sites is 2. The van der Waals surface area contributed by atoms with Gasteiger partial charge in [0.2, 0.25) is 9.84 Å². The SMILES string of the molecule is C=S1(=O)c2ccccc2C2(c3ccccc3-c3ccccc32)c2cc3c(cc21)c1ccccc1n3-c1ccc2ccc(-n3c4ccccc4c4cc5c(cc43)C3(c4ccccc4-c4ccccc43)c3ccccc3S5(=O)=O)cc2c1. The van der Waals surface area contributed by atoms with Crippen LogP contribution in [0.2, 0.25) is 0 Å². The summed E-state index contributed by atoms with van der Waals surface area (Å²) in [4.78, 5) is 2.22. The molecule has 1 atom stereocenters. The number of aromatic nitrogens is 2. The maximum absolute atomic E-state index is 15.7. The zero-order chi connectivity index (χ0) is 53.0. The van der Waals surface area contributed by atoms with Crippen LogP contribution in [0.25, 0.3) is 88.0 Å². The third-order valence-electron chi connectivity index (χ3n) is 18.5. The van der Waals surface area contributed by atoms with E-state index in [9.17, 15) is 0 Å². The second-order valence-electron chi connectivity index (χ2n) is 22.0. The van der Waals surface area contributed by atoms with Crippen molar-refractivity contribution in [3.63, 3.8) is 0 Å². The van der Waals surface area contributed by atoms with Gasteiger partial charge in [0.05, 0.1) is 42.7 Å². The molecule has 2 aliphatic heterocycles. The maximum Gasteiger partial charge on any atom is 0.207 e. The van der Waals surface area contributed by atoms with Crippen LogP contribution in [0.1, 0.15) is 44.5 Å². The van der Waals surface area contributed by atoms with Crippen LogP contribution in [-0.2, 0) is 30.2 Å². The lowest BCUT2D eigenvalue weighted by Gasteiger charge is -2.41. The molecule has 14 aromatic rings. The molecule has 1 unspecified atom stereocenters. The standard InChI is InChI=1S/C73H44N2O3S2/c1-79(76)68-32-16-12-28-60(68)72(56-24-8-2-18-48(56)49-19-3-9-25-57(49)72)62-42-66-54(40-70(62)79)52-22-6-14-30-64(52)74(66)46-36-34-44-35-37-47(39-45(44)38-46)75-65-31-15-7-23-53(65)55-41-71-63(43-67(55)75)73(61-29-13-17-33-69(61)80(71,77)78)58-26-10-4-20-50(58)51-21-5-11-27-59(51)73/h2-43H,1H2. The third-order valence-corrected chi connectivity index (χ3v) is 22.4. The molecule has 5 nitrogen and oxygen atoms in total. The summed E-state index contributed by atoms with van der Waals surface area (Å²) >= 11 is 0. The minimum absolute atomic E-state index is 0.336. The van der Waals surface area contributed by atoms with Gasteiger partial charge in [-0.05, 0) is 156 Å². The Balaban J connectivity index is 0.886. The molecule has 2 aromatic heterocycles. The second-order valence-corrected chi connectivity index (χ2v) is 26.1. The summed E-state index contributed by atoms with van der Waals surface area (Å²) in [5, 5.41) is 6.06. The van der Waals surface area contributed by atoms with Gasteiger partial charge in [-0.2, -0.15) is 0 Å². The fourth-order valence-corrected chi connectivity index (χ4v) is 19.1. The van der Waals surface area contributed by atoms with Gasteiger partial charge in [0.15, 0.2) is 0 Å². The average molecular weight is 1060 g/mol. The molecule has 0 bridgehead atoms. The lowest BCUT2D eigenvalue weighted by atomic mass is 9.67. The molecule has 0 N–H and O–H groups in total. The van der Waals surface area contributed by atoms with Crippen LogP contribution in [0.15, 0.2) is 274 Å². The normalized spacial score (nSPS) is 17.1. The van der Waals surface area contributed by atoms with E-state index in [-0.39, 0.29) is 0 Å². The highest BCUT2D eigenvalue weighted by Gasteiger charge is 2.55. The molecule has 4 heterocycles. The Bertz CT molecular complexity index is 5010. The van der Waals surface area contributed by atoms with Gasteiger partial charge in [0, 0.05) is 52.2 Å². The molecule has 80 heavy (non-hydrogen) atoms. The first-order chi connectivity index (χ1) is 39.2. The van der Waals surface area contributed by atoms with Gasteiger partial charge >= 0.3 is 0 Å². The third kappa shape index (κ3) is 5.22. The van der Waals surface area contributed by atoms with E-state index in [1.54, 1.807) is 6.07 Å². The minimum atomic E-state index is -3.96. The Kier molecular flexibility index (Phi) is 8.44. The van der Waals surface area contributed by atoms with Crippen molar-refractivity contribution in [3.8, 4) is 33.6 Å². The van der Waals surface area contributed by atoms with Crippen LogP contribution in [0, 0.1) is 0 Å². The molecule has 376 valence electrons. The molecule has 0 radical (unpaired) electrons. The van der Waals surface area contributed by atoms with Crippen molar-refractivity contribution in [1.29, 1.82) is 0 Å². The summed E-state index contributed by atoms with van der Waals surface area (Å²) in [7, 11) is -6.93. The van der Waals surface area contributed by atoms with Gasteiger partial charge in [-0.25, -0.2) is 8.42 Å². The highest BCUT2D eigenvalue weighted by Crippen LogP contribution is 2.63. The van der Waals surface area contributed by atoms with Gasteiger partial charge in [-0.3, -0.25) is 4.21 Å². The molecule has 0 amide bonds. The van der Waals surface area contributed by atoms with Crippen LogP contribution in [0.4, 0.5) is 0 Å². The first-order valence-electron chi connectivity index (χ1n) is 27.1. The monoisotopic (exact) mass is 1060 g/mol. The van der Waals surface area contributed by atoms with E-state index in [0.29, 0.717) is 9.79 Å². The summed E-state index contributed by atoms with van der Waals surface area (Å²) in [6.45, 7) is 0. The summed E-state index contributed by atoms with van der Waals surface area (Å²) in [6, 6.07) is 89.3. The number of sulfone groups is 1. The van der Waals surface area contributed by atoms with Crippen LogP contribution in [-0.4, -0.2) is 27.6 Å². The Labute approximate surface area is 461 Å². The Morgan fingerprint density at radius 3 is 1.15 bits per heavy atom. The molecule has 4 aliphatic rings. The van der Waals surface area contributed by atoms with Crippen molar-refractivity contribution in [1.82, 2.24) is 9.13 Å². The smallest absolute Gasteiger partial charge is 0.207 e. The van der Waals surface area contributed by atoms with Crippen LogP contribution in [0.5, 0.6) is 0 Å². The van der Waals surface area contributed by atoms with Crippen molar-refractivity contribution < 1.29 is 12.6 Å². The zero-order valence-corrected chi connectivity index (χ0v) is 44.5. The molecule has 2 spiro atoms. The first kappa shape index (κ1) is 44.5. The lowest BCUT2D eigenvalue weighted by molar-refractivity contribution is 0.581. The van der Waals surface area contributed by atoms with Crippen molar-refractivity contribution in [3.05, 3.63) is 299 Å². The van der Waals surface area contributed by atoms with E-state index >= 15 is 12.6 Å². The van der Waals surface area contributed by atoms with Crippen LogP contribution < -0.4 is 0 Å². The fourth-order valence-electron chi connectivity index (χ4n) is 15.4. The summed E-state index contributed by atoms with van der Waals surface area (Å²) in [6.07, 6.45) is 0. The topological polar surface area (TPSA) is 61.1 Å². The largest absolute Gasteiger partial charge is 0.309 e. The Morgan fingerprint density at radius 2 is 0.662 bits per heavy atom. The molecule has 7 heteroatoms. The van der Waals surface area contributed by atoms with Crippen molar-refractivity contribution in [2.75, 3.05) is 0 Å². The molecule has 18 rings (SSSR count). The maximum atomic E-state index is 15.7. The van der Waals surface area contributed by atoms with E-state index < -0.39 is 30.2 Å². The van der Waals surface area contributed by atoms with E-state index in [2.05, 4.69) is 221 Å². The molecule has 12 aromatic carbocycles. The highest BCUT2D eigenvalue weighted by molar-refractivity contribution is 8.00. The number of rotatable bonds is 2. The van der Waals surface area contributed by atoms with E-state index in [1.165, 1.54) is 22.3 Å². The minimum Gasteiger partial charge on any atom is -0.309 e. The molecule has 0 saturated heterocycles. The molecular weight excluding hydrogens is 1020 g/mol. The Hall–Kier alpha value is -9.53. The summed E-state index contributed by atoms with van der Waals surface area (Å²) in [5.41, 5.74) is 16.9. The van der Waals surface area contributed by atoms with Gasteiger partial charge in [-0.15, -0.1) is 0 Å². The lowest BCUT2D eigenvalue weighted by Crippen LogP contribution is -2.36. The van der Waals surface area contributed by atoms with Gasteiger partial charge in [0.1, 0.15) is 0 Å². The average Bonchev–Trinajstić information content (AvgIpc) is 4.32. The van der Waals surface area contributed by atoms with E-state index in [0.717, 1.165) is 120 Å². The summed E-state index contributed by atoms with van der Waals surface area (Å²) in [5.74, 6) is 4.60. The molecular formula is C73H44N2O3S2. The highest BCUT2D eigenvalue weighted by atomic mass is 32.2. The predicted octanol–water partition coefficient (Wildman–Crippen LogP) is 16.4. The van der Waals surface area contributed by atoms with Crippen LogP contribution >= 0.6 is 0 Å². The second kappa shape index (κ2) is 15.2. The van der Waals surface area contributed by atoms with Crippen molar-refractivity contribution in [2.45, 2.75) is 30.4 Å². The fraction of sp³-hybridized carbons (Fsp3) is 0.0274.